The Morgan fingerprint density at radius 3 is 2.54 bits per heavy atom. The van der Waals surface area contributed by atoms with E-state index >= 15 is 0 Å². The van der Waals surface area contributed by atoms with Crippen molar-refractivity contribution in [3.05, 3.63) is 65.4 Å². The van der Waals surface area contributed by atoms with Gasteiger partial charge in [0, 0.05) is 43.0 Å². The van der Waals surface area contributed by atoms with Gasteiger partial charge in [0.05, 0.1) is 5.69 Å². The second kappa shape index (κ2) is 6.84. The predicted octanol–water partition coefficient (Wildman–Crippen LogP) is 3.62. The van der Waals surface area contributed by atoms with Crippen LogP contribution in [0, 0.1) is 0 Å². The second-order valence-electron chi connectivity index (χ2n) is 5.52. The molecule has 0 radical (unpaired) electrons. The van der Waals surface area contributed by atoms with Crippen molar-refractivity contribution in [1.29, 1.82) is 0 Å². The van der Waals surface area contributed by atoms with E-state index in [0.29, 0.717) is 22.9 Å². The Balaban J connectivity index is 1.81. The number of likely N-dealkylation sites (N-methyl/N-ethyl adjacent to an activating group) is 1. The summed E-state index contributed by atoms with van der Waals surface area (Å²) in [5, 5.41) is 21.3. The zero-order valence-electron chi connectivity index (χ0n) is 13.2. The van der Waals surface area contributed by atoms with Crippen molar-refractivity contribution in [1.82, 2.24) is 9.55 Å². The number of nitrogens with zero attached hydrogens (tertiary/aromatic N) is 3. The van der Waals surface area contributed by atoms with E-state index in [1.807, 2.05) is 30.1 Å². The summed E-state index contributed by atoms with van der Waals surface area (Å²) in [7, 11) is 1.86. The lowest BCUT2D eigenvalue weighted by atomic mass is 10.2. The van der Waals surface area contributed by atoms with Crippen LogP contribution in [0.1, 0.15) is 5.69 Å². The number of anilines is 1. The lowest BCUT2D eigenvalue weighted by Crippen LogP contribution is -2.20. The molecular formula is C18H18ClN3O2. The molecule has 0 aliphatic heterocycles. The van der Waals surface area contributed by atoms with Gasteiger partial charge in [-0.15, -0.1) is 0 Å². The summed E-state index contributed by atoms with van der Waals surface area (Å²) in [5.74, 6) is -0.0483. The van der Waals surface area contributed by atoms with Gasteiger partial charge >= 0.3 is 0 Å². The van der Waals surface area contributed by atoms with Gasteiger partial charge in [-0.3, -0.25) is 4.98 Å². The standard InChI is InChI=1S/C18H18ClN3O2/c1-21(11-9-14-4-2-3-10-20-14)16-12-17(23)22(18(16)24)15-7-5-13(19)6-8-15/h2-8,10,12,23-24H,9,11H2,1H3. The number of halogens is 1. The molecule has 3 rings (SSSR count). The van der Waals surface area contributed by atoms with Crippen molar-refractivity contribution >= 4 is 17.3 Å². The summed E-state index contributed by atoms with van der Waals surface area (Å²) in [6.45, 7) is 0.661. The fraction of sp³-hybridized carbons (Fsp3) is 0.167. The molecule has 0 saturated carbocycles. The van der Waals surface area contributed by atoms with Crippen LogP contribution in [-0.2, 0) is 6.42 Å². The molecular weight excluding hydrogens is 326 g/mol. The van der Waals surface area contributed by atoms with Gasteiger partial charge in [0.2, 0.25) is 11.8 Å². The van der Waals surface area contributed by atoms with Gasteiger partial charge in [-0.2, -0.15) is 0 Å². The Labute approximate surface area is 145 Å². The van der Waals surface area contributed by atoms with Crippen LogP contribution in [0.25, 0.3) is 5.69 Å². The molecule has 24 heavy (non-hydrogen) atoms. The van der Waals surface area contributed by atoms with E-state index in [9.17, 15) is 10.2 Å². The van der Waals surface area contributed by atoms with E-state index in [0.717, 1.165) is 12.1 Å². The smallest absolute Gasteiger partial charge is 0.223 e. The number of hydrogen-bond acceptors (Lipinski definition) is 4. The first-order chi connectivity index (χ1) is 11.6. The van der Waals surface area contributed by atoms with Gasteiger partial charge in [-0.05, 0) is 36.4 Å². The highest BCUT2D eigenvalue weighted by molar-refractivity contribution is 6.30. The van der Waals surface area contributed by atoms with Crippen LogP contribution in [0.3, 0.4) is 0 Å². The Kier molecular flexibility index (Phi) is 4.62. The highest BCUT2D eigenvalue weighted by atomic mass is 35.5. The predicted molar refractivity (Wildman–Crippen MR) is 95.3 cm³/mol. The highest BCUT2D eigenvalue weighted by Gasteiger charge is 2.18. The first kappa shape index (κ1) is 16.2. The molecule has 0 fully saturated rings. The minimum absolute atomic E-state index is 0.0154. The van der Waals surface area contributed by atoms with E-state index in [2.05, 4.69) is 4.98 Å². The quantitative estimate of drug-likeness (QED) is 0.742. The molecule has 2 aromatic heterocycles. The molecule has 0 saturated heterocycles. The Morgan fingerprint density at radius 2 is 1.88 bits per heavy atom. The molecule has 0 atom stereocenters. The number of rotatable bonds is 5. The fourth-order valence-electron chi connectivity index (χ4n) is 2.55. The first-order valence-electron chi connectivity index (χ1n) is 7.57. The van der Waals surface area contributed by atoms with Crippen molar-refractivity contribution in [2.24, 2.45) is 0 Å². The number of benzene rings is 1. The SMILES string of the molecule is CN(CCc1ccccn1)c1cc(O)n(-c2ccc(Cl)cc2)c1O. The van der Waals surface area contributed by atoms with Crippen LogP contribution in [0.2, 0.25) is 5.02 Å². The minimum atomic E-state index is -0.0329. The maximum atomic E-state index is 10.5. The Hall–Kier alpha value is -2.66. The van der Waals surface area contributed by atoms with E-state index in [-0.39, 0.29) is 11.8 Å². The molecule has 6 heteroatoms. The average Bonchev–Trinajstić information content (AvgIpc) is 2.89. The van der Waals surface area contributed by atoms with E-state index in [1.165, 1.54) is 4.57 Å². The summed E-state index contributed by atoms with van der Waals surface area (Å²) >= 11 is 5.89. The van der Waals surface area contributed by atoms with Gasteiger partial charge < -0.3 is 15.1 Å². The summed E-state index contributed by atoms with van der Waals surface area (Å²) in [4.78, 5) is 6.17. The lowest BCUT2D eigenvalue weighted by Gasteiger charge is -2.18. The number of pyridine rings is 1. The van der Waals surface area contributed by atoms with E-state index < -0.39 is 0 Å². The van der Waals surface area contributed by atoms with Crippen molar-refractivity contribution < 1.29 is 10.2 Å². The Bertz CT molecular complexity index is 816. The molecule has 0 spiro atoms. The van der Waals surface area contributed by atoms with Crippen LogP contribution in [0.4, 0.5) is 5.69 Å². The number of hydrogen-bond donors (Lipinski definition) is 2. The molecule has 0 unspecified atom stereocenters. The highest BCUT2D eigenvalue weighted by Crippen LogP contribution is 2.37. The van der Waals surface area contributed by atoms with Gasteiger partial charge in [0.1, 0.15) is 5.69 Å². The summed E-state index contributed by atoms with van der Waals surface area (Å²) in [6, 6.07) is 14.2. The molecule has 2 N–H and O–H groups in total. The normalized spacial score (nSPS) is 10.8. The fourth-order valence-corrected chi connectivity index (χ4v) is 2.67. The molecule has 0 aliphatic carbocycles. The summed E-state index contributed by atoms with van der Waals surface area (Å²) in [5.41, 5.74) is 2.17. The third kappa shape index (κ3) is 3.31. The van der Waals surface area contributed by atoms with Crippen LogP contribution < -0.4 is 4.90 Å². The summed E-state index contributed by atoms with van der Waals surface area (Å²) in [6.07, 6.45) is 2.50. The van der Waals surface area contributed by atoms with Crippen LogP contribution in [0.5, 0.6) is 11.8 Å². The van der Waals surface area contributed by atoms with Crippen LogP contribution >= 0.6 is 11.6 Å². The van der Waals surface area contributed by atoms with Gasteiger partial charge in [0.25, 0.3) is 0 Å². The zero-order valence-corrected chi connectivity index (χ0v) is 14.0. The van der Waals surface area contributed by atoms with E-state index in [4.69, 9.17) is 11.6 Å². The molecule has 2 heterocycles. The first-order valence-corrected chi connectivity index (χ1v) is 7.94. The number of aromatic hydroxyl groups is 2. The zero-order chi connectivity index (χ0) is 17.1. The van der Waals surface area contributed by atoms with Crippen LogP contribution in [-0.4, -0.2) is 33.4 Å². The maximum absolute atomic E-state index is 10.5. The lowest BCUT2D eigenvalue weighted by molar-refractivity contribution is 0.402. The van der Waals surface area contributed by atoms with Gasteiger partial charge in [-0.25, -0.2) is 4.57 Å². The topological polar surface area (TPSA) is 61.5 Å². The van der Waals surface area contributed by atoms with Crippen LogP contribution in [0.15, 0.2) is 54.7 Å². The average molecular weight is 344 g/mol. The third-order valence-electron chi connectivity index (χ3n) is 3.86. The monoisotopic (exact) mass is 343 g/mol. The molecule has 124 valence electrons. The maximum Gasteiger partial charge on any atom is 0.223 e. The third-order valence-corrected chi connectivity index (χ3v) is 4.11. The molecule has 3 aromatic rings. The molecule has 1 aromatic carbocycles. The molecule has 0 aliphatic rings. The number of aromatic nitrogens is 2. The van der Waals surface area contributed by atoms with Crippen molar-refractivity contribution in [2.45, 2.75) is 6.42 Å². The molecule has 0 amide bonds. The second-order valence-corrected chi connectivity index (χ2v) is 5.95. The Morgan fingerprint density at radius 1 is 1.12 bits per heavy atom. The molecule has 5 nitrogen and oxygen atoms in total. The van der Waals surface area contributed by atoms with E-state index in [1.54, 1.807) is 36.5 Å². The van der Waals surface area contributed by atoms with Crippen molar-refractivity contribution in [3.8, 4) is 17.4 Å². The van der Waals surface area contributed by atoms with Gasteiger partial charge in [-0.1, -0.05) is 17.7 Å². The van der Waals surface area contributed by atoms with Crippen molar-refractivity contribution in [3.63, 3.8) is 0 Å². The van der Waals surface area contributed by atoms with Crippen molar-refractivity contribution in [2.75, 3.05) is 18.5 Å². The molecule has 0 bridgehead atoms. The largest absolute Gasteiger partial charge is 0.494 e. The minimum Gasteiger partial charge on any atom is -0.494 e. The summed E-state index contributed by atoms with van der Waals surface area (Å²) < 4.78 is 1.38. The van der Waals surface area contributed by atoms with Gasteiger partial charge in [0.15, 0.2) is 0 Å².